The third kappa shape index (κ3) is 3.29. The molecule has 0 saturated heterocycles. The van der Waals surface area contributed by atoms with Crippen LogP contribution in [0.2, 0.25) is 0 Å². The van der Waals surface area contributed by atoms with E-state index < -0.39 is 5.97 Å². The van der Waals surface area contributed by atoms with Gasteiger partial charge in [-0.1, -0.05) is 12.1 Å². The summed E-state index contributed by atoms with van der Waals surface area (Å²) in [5.41, 5.74) is -0.0671. The third-order valence-electron chi connectivity index (χ3n) is 1.13. The standard InChI is InChI=1S/C7H6O3.Al.Fe.3H/c8-6-4-2-1-3-5(6)7(9)10;;;;;/h1-4,8H,(H,9,10);;;;;. The second kappa shape index (κ2) is 6.10. The van der Waals surface area contributed by atoms with Crippen molar-refractivity contribution in [1.29, 1.82) is 0 Å². The van der Waals surface area contributed by atoms with Crippen molar-refractivity contribution in [3.8, 4) is 5.75 Å². The van der Waals surface area contributed by atoms with Gasteiger partial charge in [-0.3, -0.25) is 0 Å². The van der Waals surface area contributed by atoms with Crippen molar-refractivity contribution in [1.82, 2.24) is 0 Å². The zero-order valence-electron chi connectivity index (χ0n) is 5.47. The molecule has 2 N–H and O–H groups in total. The molecule has 0 radical (unpaired) electrons. The predicted molar refractivity (Wildman–Crippen MR) is 45.0 cm³/mol. The van der Waals surface area contributed by atoms with Gasteiger partial charge in [0.05, 0.1) is 0 Å². The Kier molecular flexibility index (Phi) is 7.16. The largest absolute Gasteiger partial charge is 0.507 e. The molecule has 0 amide bonds. The molecule has 1 rings (SSSR count). The van der Waals surface area contributed by atoms with Crippen molar-refractivity contribution in [2.75, 3.05) is 0 Å². The number of aromatic carboxylic acids is 1. The minimum Gasteiger partial charge on any atom is -0.507 e. The summed E-state index contributed by atoms with van der Waals surface area (Å²) in [5, 5.41) is 17.3. The Bertz CT molecular complexity index is 265. The Morgan fingerprint density at radius 1 is 1.25 bits per heavy atom. The van der Waals surface area contributed by atoms with Gasteiger partial charge < -0.3 is 10.2 Å². The number of carbonyl (C=O) groups is 1. The van der Waals surface area contributed by atoms with E-state index in [2.05, 4.69) is 0 Å². The van der Waals surface area contributed by atoms with Crippen molar-refractivity contribution in [3.05, 3.63) is 29.8 Å². The normalized spacial score (nSPS) is 7.67. The van der Waals surface area contributed by atoms with E-state index in [-0.39, 0.29) is 45.7 Å². The second-order valence-corrected chi connectivity index (χ2v) is 1.82. The van der Waals surface area contributed by atoms with Crippen LogP contribution >= 0.6 is 0 Å². The molecule has 0 heterocycles. The molecule has 0 unspecified atom stereocenters. The molecule has 66 valence electrons. The first-order valence-corrected chi connectivity index (χ1v) is 2.73. The Hall–Kier alpha value is -0.458. The molecule has 0 bridgehead atoms. The van der Waals surface area contributed by atoms with Crippen LogP contribution in [-0.4, -0.2) is 33.5 Å². The van der Waals surface area contributed by atoms with E-state index in [1.165, 1.54) is 12.1 Å². The molecular weight excluding hydrogens is 215 g/mol. The Labute approximate surface area is 91.0 Å². The van der Waals surface area contributed by atoms with Crippen LogP contribution in [0.5, 0.6) is 5.75 Å². The van der Waals surface area contributed by atoms with Gasteiger partial charge in [-0.25, -0.2) is 4.79 Å². The van der Waals surface area contributed by atoms with Crippen molar-refractivity contribution < 1.29 is 32.1 Å². The molecule has 5 heteroatoms. The van der Waals surface area contributed by atoms with E-state index >= 15 is 0 Å². The van der Waals surface area contributed by atoms with Gasteiger partial charge in [-0.15, -0.1) is 0 Å². The number of rotatable bonds is 1. The van der Waals surface area contributed by atoms with Crippen LogP contribution < -0.4 is 0 Å². The van der Waals surface area contributed by atoms with E-state index in [4.69, 9.17) is 10.2 Å². The molecule has 0 aliphatic rings. The van der Waals surface area contributed by atoms with Crippen molar-refractivity contribution in [2.45, 2.75) is 0 Å². The molecule has 0 spiro atoms. The van der Waals surface area contributed by atoms with Crippen LogP contribution in [0.15, 0.2) is 24.3 Å². The SMILES string of the molecule is O=C(O)c1ccccc1O.[AlH3].[Fe]. The average Bonchev–Trinajstić information content (AvgIpc) is 1.88. The van der Waals surface area contributed by atoms with Gasteiger partial charge in [-0.05, 0) is 12.1 Å². The van der Waals surface area contributed by atoms with Crippen LogP contribution in [0.4, 0.5) is 0 Å². The van der Waals surface area contributed by atoms with Crippen molar-refractivity contribution >= 4 is 23.3 Å². The van der Waals surface area contributed by atoms with Crippen molar-refractivity contribution in [3.63, 3.8) is 0 Å². The number of carboxylic acid groups (broad SMARTS) is 1. The van der Waals surface area contributed by atoms with Gasteiger partial charge in [0.25, 0.3) is 0 Å². The molecule has 1 aromatic rings. The number of para-hydroxylation sites is 1. The maximum absolute atomic E-state index is 10.3. The van der Waals surface area contributed by atoms with Crippen LogP contribution in [0, 0.1) is 0 Å². The van der Waals surface area contributed by atoms with Gasteiger partial charge in [0.2, 0.25) is 0 Å². The minimum atomic E-state index is -1.11. The molecule has 1 aromatic carbocycles. The first kappa shape index (κ1) is 14.1. The fourth-order valence-corrected chi connectivity index (χ4v) is 0.654. The second-order valence-electron chi connectivity index (χ2n) is 1.82. The average molecular weight is 224 g/mol. The molecule has 0 saturated carbocycles. The predicted octanol–water partition coefficient (Wildman–Crippen LogP) is -0.0960. The van der Waals surface area contributed by atoms with Gasteiger partial charge in [-0.2, -0.15) is 0 Å². The van der Waals surface area contributed by atoms with E-state index in [0.29, 0.717) is 0 Å². The number of hydrogen-bond donors (Lipinski definition) is 2. The first-order chi connectivity index (χ1) is 4.72. The van der Waals surface area contributed by atoms with Crippen LogP contribution in [0.25, 0.3) is 0 Å². The zero-order chi connectivity index (χ0) is 7.56. The smallest absolute Gasteiger partial charge is 0.339 e. The summed E-state index contributed by atoms with van der Waals surface area (Å²) in [6.07, 6.45) is 0. The van der Waals surface area contributed by atoms with E-state index in [1.54, 1.807) is 12.1 Å². The summed E-state index contributed by atoms with van der Waals surface area (Å²) in [6.45, 7) is 0. The summed E-state index contributed by atoms with van der Waals surface area (Å²) < 4.78 is 0. The number of benzene rings is 1. The number of hydrogen-bond acceptors (Lipinski definition) is 2. The Balaban J connectivity index is 0. The molecular formula is C7H9AlFeO3. The number of phenols is 1. The molecule has 12 heavy (non-hydrogen) atoms. The monoisotopic (exact) mass is 224 g/mol. The van der Waals surface area contributed by atoms with E-state index in [0.717, 1.165) is 0 Å². The molecule has 0 aromatic heterocycles. The molecule has 0 fully saturated rings. The van der Waals surface area contributed by atoms with Gasteiger partial charge in [0.15, 0.2) is 17.4 Å². The first-order valence-electron chi connectivity index (χ1n) is 2.73. The molecule has 3 nitrogen and oxygen atoms in total. The van der Waals surface area contributed by atoms with E-state index in [1.807, 2.05) is 0 Å². The molecule has 0 atom stereocenters. The third-order valence-corrected chi connectivity index (χ3v) is 1.13. The summed E-state index contributed by atoms with van der Waals surface area (Å²) in [4.78, 5) is 10.3. The maximum Gasteiger partial charge on any atom is 0.339 e. The van der Waals surface area contributed by atoms with Crippen LogP contribution in [-0.2, 0) is 17.1 Å². The zero-order valence-corrected chi connectivity index (χ0v) is 6.57. The van der Waals surface area contributed by atoms with E-state index in [9.17, 15) is 4.79 Å². The maximum atomic E-state index is 10.3. The molecule has 0 aliphatic heterocycles. The van der Waals surface area contributed by atoms with Crippen molar-refractivity contribution in [2.24, 2.45) is 0 Å². The van der Waals surface area contributed by atoms with Gasteiger partial charge >= 0.3 is 5.97 Å². The fourth-order valence-electron chi connectivity index (χ4n) is 0.654. The number of aromatic hydroxyl groups is 1. The summed E-state index contributed by atoms with van der Waals surface area (Å²) >= 11 is 0. The Morgan fingerprint density at radius 2 is 1.75 bits per heavy atom. The summed E-state index contributed by atoms with van der Waals surface area (Å²) in [5.74, 6) is -1.31. The van der Waals surface area contributed by atoms with Crippen LogP contribution in [0.1, 0.15) is 10.4 Å². The van der Waals surface area contributed by atoms with Crippen LogP contribution in [0.3, 0.4) is 0 Å². The fraction of sp³-hybridized carbons (Fsp3) is 0. The summed E-state index contributed by atoms with van der Waals surface area (Å²) in [7, 11) is 0. The topological polar surface area (TPSA) is 57.5 Å². The molecule has 0 aliphatic carbocycles. The quantitative estimate of drug-likeness (QED) is 0.655. The van der Waals surface area contributed by atoms with Gasteiger partial charge in [0, 0.05) is 17.1 Å². The Morgan fingerprint density at radius 3 is 2.08 bits per heavy atom. The summed E-state index contributed by atoms with van der Waals surface area (Å²) in [6, 6.07) is 5.81. The number of carboxylic acids is 1. The minimum absolute atomic E-state index is 0. The van der Waals surface area contributed by atoms with Gasteiger partial charge in [0.1, 0.15) is 11.3 Å².